The smallest absolute Gasteiger partial charge is 0.254 e. The van der Waals surface area contributed by atoms with Crippen molar-refractivity contribution in [3.63, 3.8) is 0 Å². The van der Waals surface area contributed by atoms with E-state index in [1.165, 1.54) is 0 Å². The lowest BCUT2D eigenvalue weighted by Gasteiger charge is -2.31. The quantitative estimate of drug-likeness (QED) is 0.880. The highest BCUT2D eigenvalue weighted by molar-refractivity contribution is 6.15. The Kier molecular flexibility index (Phi) is 5.06. The van der Waals surface area contributed by atoms with Gasteiger partial charge in [0.1, 0.15) is 0 Å². The molecule has 0 saturated carbocycles. The molecule has 1 amide bonds. The monoisotopic (exact) mass is 322 g/mol. The second-order valence-electron chi connectivity index (χ2n) is 6.21. The second-order valence-corrected chi connectivity index (χ2v) is 6.21. The number of benzene rings is 2. The van der Waals surface area contributed by atoms with Crippen LogP contribution in [0.25, 0.3) is 0 Å². The van der Waals surface area contributed by atoms with Crippen LogP contribution >= 0.6 is 0 Å². The third-order valence-electron chi connectivity index (χ3n) is 4.67. The van der Waals surface area contributed by atoms with E-state index in [1.54, 1.807) is 30.3 Å². The van der Waals surface area contributed by atoms with E-state index in [4.69, 9.17) is 5.73 Å². The maximum atomic E-state index is 12.9. The van der Waals surface area contributed by atoms with E-state index in [2.05, 4.69) is 0 Å². The number of nitrogens with zero attached hydrogens (tertiary/aromatic N) is 1. The van der Waals surface area contributed by atoms with Crippen LogP contribution < -0.4 is 5.73 Å². The Bertz CT molecular complexity index is 719. The van der Waals surface area contributed by atoms with Crippen LogP contribution in [-0.2, 0) is 0 Å². The molecule has 2 aromatic rings. The van der Waals surface area contributed by atoms with Gasteiger partial charge < -0.3 is 10.6 Å². The SMILES string of the molecule is NCC1CCN(C(=O)c2ccccc2C(=O)c2ccccc2)CC1. The number of hydrogen-bond acceptors (Lipinski definition) is 3. The van der Waals surface area contributed by atoms with Crippen LogP contribution in [0.3, 0.4) is 0 Å². The zero-order valence-corrected chi connectivity index (χ0v) is 13.7. The zero-order valence-electron chi connectivity index (χ0n) is 13.7. The minimum atomic E-state index is -0.114. The van der Waals surface area contributed by atoms with Crippen LogP contribution in [0.4, 0.5) is 0 Å². The molecule has 1 heterocycles. The maximum Gasteiger partial charge on any atom is 0.254 e. The molecule has 1 fully saturated rings. The van der Waals surface area contributed by atoms with Crippen molar-refractivity contribution in [2.24, 2.45) is 11.7 Å². The third-order valence-corrected chi connectivity index (χ3v) is 4.67. The molecule has 124 valence electrons. The molecule has 0 spiro atoms. The summed E-state index contributed by atoms with van der Waals surface area (Å²) in [7, 11) is 0. The molecule has 0 aromatic heterocycles. The van der Waals surface area contributed by atoms with Crippen molar-refractivity contribution in [2.45, 2.75) is 12.8 Å². The van der Waals surface area contributed by atoms with Crippen LogP contribution in [0.5, 0.6) is 0 Å². The van der Waals surface area contributed by atoms with E-state index < -0.39 is 0 Å². The predicted octanol–water partition coefficient (Wildman–Crippen LogP) is 2.73. The zero-order chi connectivity index (χ0) is 16.9. The van der Waals surface area contributed by atoms with Gasteiger partial charge in [0.2, 0.25) is 0 Å². The van der Waals surface area contributed by atoms with Crippen molar-refractivity contribution in [2.75, 3.05) is 19.6 Å². The van der Waals surface area contributed by atoms with Crippen molar-refractivity contribution in [1.29, 1.82) is 0 Å². The van der Waals surface area contributed by atoms with E-state index in [-0.39, 0.29) is 11.7 Å². The average Bonchev–Trinajstić information content (AvgIpc) is 2.67. The van der Waals surface area contributed by atoms with Crippen molar-refractivity contribution >= 4 is 11.7 Å². The van der Waals surface area contributed by atoms with Crippen molar-refractivity contribution in [1.82, 2.24) is 4.90 Å². The first kappa shape index (κ1) is 16.4. The molecular formula is C20H22N2O2. The van der Waals surface area contributed by atoms with Gasteiger partial charge in [-0.3, -0.25) is 9.59 Å². The summed E-state index contributed by atoms with van der Waals surface area (Å²) in [5, 5.41) is 0. The van der Waals surface area contributed by atoms with Gasteiger partial charge in [-0.25, -0.2) is 0 Å². The number of amides is 1. The predicted molar refractivity (Wildman–Crippen MR) is 94.0 cm³/mol. The highest BCUT2D eigenvalue weighted by Crippen LogP contribution is 2.21. The molecule has 4 nitrogen and oxygen atoms in total. The number of carbonyl (C=O) groups excluding carboxylic acids is 2. The summed E-state index contributed by atoms with van der Waals surface area (Å²) in [6.45, 7) is 2.08. The Labute approximate surface area is 142 Å². The number of likely N-dealkylation sites (tertiary alicyclic amines) is 1. The van der Waals surface area contributed by atoms with E-state index in [9.17, 15) is 9.59 Å². The topological polar surface area (TPSA) is 63.4 Å². The molecule has 0 bridgehead atoms. The van der Waals surface area contributed by atoms with Gasteiger partial charge in [-0.1, -0.05) is 48.5 Å². The molecular weight excluding hydrogens is 300 g/mol. The fourth-order valence-electron chi connectivity index (χ4n) is 3.15. The lowest BCUT2D eigenvalue weighted by atomic mass is 9.94. The fraction of sp³-hybridized carbons (Fsp3) is 0.300. The van der Waals surface area contributed by atoms with Gasteiger partial charge in [0.15, 0.2) is 5.78 Å². The molecule has 1 saturated heterocycles. The van der Waals surface area contributed by atoms with E-state index >= 15 is 0 Å². The van der Waals surface area contributed by atoms with Crippen LogP contribution in [0, 0.1) is 5.92 Å². The van der Waals surface area contributed by atoms with Gasteiger partial charge >= 0.3 is 0 Å². The summed E-state index contributed by atoms with van der Waals surface area (Å²) in [5.41, 5.74) is 7.26. The lowest BCUT2D eigenvalue weighted by Crippen LogP contribution is -2.40. The van der Waals surface area contributed by atoms with Crippen LogP contribution in [0.2, 0.25) is 0 Å². The molecule has 2 N–H and O–H groups in total. The first-order valence-electron chi connectivity index (χ1n) is 8.39. The van der Waals surface area contributed by atoms with Gasteiger partial charge in [0, 0.05) is 24.2 Å². The van der Waals surface area contributed by atoms with Crippen molar-refractivity contribution < 1.29 is 9.59 Å². The molecule has 2 aromatic carbocycles. The van der Waals surface area contributed by atoms with Gasteiger partial charge in [-0.15, -0.1) is 0 Å². The number of nitrogens with two attached hydrogens (primary N) is 1. The molecule has 0 radical (unpaired) electrons. The summed E-state index contributed by atoms with van der Waals surface area (Å²) in [6.07, 6.45) is 1.86. The Morgan fingerprint density at radius 1 is 0.917 bits per heavy atom. The lowest BCUT2D eigenvalue weighted by molar-refractivity contribution is 0.0690. The number of ketones is 1. The molecule has 1 aliphatic heterocycles. The Hall–Kier alpha value is -2.46. The number of piperidine rings is 1. The first-order chi connectivity index (χ1) is 11.7. The first-order valence-corrected chi connectivity index (χ1v) is 8.39. The summed E-state index contributed by atoms with van der Waals surface area (Å²) in [4.78, 5) is 27.5. The number of rotatable bonds is 4. The Balaban J connectivity index is 1.84. The molecule has 0 aliphatic carbocycles. The molecule has 0 atom stereocenters. The summed E-state index contributed by atoms with van der Waals surface area (Å²) < 4.78 is 0. The fourth-order valence-corrected chi connectivity index (χ4v) is 3.15. The summed E-state index contributed by atoms with van der Waals surface area (Å²) in [6, 6.07) is 16.2. The van der Waals surface area contributed by atoms with E-state index in [0.29, 0.717) is 42.2 Å². The summed E-state index contributed by atoms with van der Waals surface area (Å²) >= 11 is 0. The maximum absolute atomic E-state index is 12.9. The van der Waals surface area contributed by atoms with E-state index in [0.717, 1.165) is 12.8 Å². The normalized spacial score (nSPS) is 15.3. The molecule has 0 unspecified atom stereocenters. The van der Waals surface area contributed by atoms with Crippen LogP contribution in [0.15, 0.2) is 54.6 Å². The third kappa shape index (κ3) is 3.39. The average molecular weight is 322 g/mol. The highest BCUT2D eigenvalue weighted by atomic mass is 16.2. The standard InChI is InChI=1S/C20H22N2O2/c21-14-15-10-12-22(13-11-15)20(24)18-9-5-4-8-17(18)19(23)16-6-2-1-3-7-16/h1-9,15H,10-14,21H2. The minimum Gasteiger partial charge on any atom is -0.339 e. The van der Waals surface area contributed by atoms with Gasteiger partial charge in [-0.2, -0.15) is 0 Å². The molecule has 24 heavy (non-hydrogen) atoms. The number of hydrogen-bond donors (Lipinski definition) is 1. The van der Waals surface area contributed by atoms with E-state index in [1.807, 2.05) is 29.2 Å². The highest BCUT2D eigenvalue weighted by Gasteiger charge is 2.26. The molecule has 3 rings (SSSR count). The largest absolute Gasteiger partial charge is 0.339 e. The molecule has 1 aliphatic rings. The second kappa shape index (κ2) is 7.41. The summed E-state index contributed by atoms with van der Waals surface area (Å²) in [5.74, 6) is 0.317. The van der Waals surface area contributed by atoms with Crippen LogP contribution in [-0.4, -0.2) is 36.2 Å². The van der Waals surface area contributed by atoms with Crippen molar-refractivity contribution in [3.8, 4) is 0 Å². The van der Waals surface area contributed by atoms with Gasteiger partial charge in [0.25, 0.3) is 5.91 Å². The van der Waals surface area contributed by atoms with Gasteiger partial charge in [0.05, 0.1) is 5.56 Å². The Morgan fingerprint density at radius 2 is 1.50 bits per heavy atom. The molecule has 4 heteroatoms. The minimum absolute atomic E-state index is 0.0645. The van der Waals surface area contributed by atoms with Crippen molar-refractivity contribution in [3.05, 3.63) is 71.3 Å². The number of carbonyl (C=O) groups is 2. The van der Waals surface area contributed by atoms with Gasteiger partial charge in [-0.05, 0) is 31.4 Å². The van der Waals surface area contributed by atoms with Crippen LogP contribution in [0.1, 0.15) is 39.1 Å². The Morgan fingerprint density at radius 3 is 2.12 bits per heavy atom.